The molecule has 1 saturated carbocycles. The lowest BCUT2D eigenvalue weighted by molar-refractivity contribution is -0.137. The molecule has 2 N–H and O–H groups in total. The molecule has 0 spiro atoms. The molecule has 0 radical (unpaired) electrons. The fourth-order valence-electron chi connectivity index (χ4n) is 3.62. The smallest absolute Gasteiger partial charge is 0.303 e. The fourth-order valence-corrected chi connectivity index (χ4v) is 4.29. The number of hydrogen-bond acceptors (Lipinski definition) is 5. The Bertz CT molecular complexity index is 838. The van der Waals surface area contributed by atoms with Gasteiger partial charge in [0, 0.05) is 30.2 Å². The van der Waals surface area contributed by atoms with Crippen LogP contribution in [0.2, 0.25) is 0 Å². The van der Waals surface area contributed by atoms with Crippen LogP contribution in [0.3, 0.4) is 0 Å². The number of carbonyl (C=O) groups excluding carboxylic acids is 1. The van der Waals surface area contributed by atoms with E-state index in [2.05, 4.69) is 10.3 Å². The number of hydrogen-bond donors (Lipinski definition) is 2. The first-order valence-electron chi connectivity index (χ1n) is 9.02. The van der Waals surface area contributed by atoms with Gasteiger partial charge in [-0.2, -0.15) is 0 Å². The van der Waals surface area contributed by atoms with Crippen molar-refractivity contribution in [1.82, 2.24) is 14.7 Å². The van der Waals surface area contributed by atoms with Crippen LogP contribution in [0.25, 0.3) is 4.96 Å². The van der Waals surface area contributed by atoms with Crippen molar-refractivity contribution in [3.05, 3.63) is 33.7 Å². The molecule has 7 nitrogen and oxygen atoms in total. The minimum atomic E-state index is -0.880. The summed E-state index contributed by atoms with van der Waals surface area (Å²) in [6.07, 6.45) is 9.86. The van der Waals surface area contributed by atoms with Crippen molar-refractivity contribution in [3.63, 3.8) is 0 Å². The van der Waals surface area contributed by atoms with Gasteiger partial charge in [-0.3, -0.25) is 18.8 Å². The maximum absolute atomic E-state index is 12.6. The lowest BCUT2D eigenvalue weighted by Gasteiger charge is -2.27. The SMILES string of the molecule is O=C(O)CCC(CC1CCCCC1)NC(=O)c1cnc2sccn2c1=O. The highest BCUT2D eigenvalue weighted by atomic mass is 32.1. The Kier molecular flexibility index (Phi) is 6.03. The largest absolute Gasteiger partial charge is 0.481 e. The molecule has 1 fully saturated rings. The van der Waals surface area contributed by atoms with E-state index in [-0.39, 0.29) is 18.0 Å². The molecular weight excluding hydrogens is 354 g/mol. The summed E-state index contributed by atoms with van der Waals surface area (Å²) in [6, 6.07) is -0.246. The molecule has 0 aliphatic heterocycles. The molecule has 1 atom stereocenters. The quantitative estimate of drug-likeness (QED) is 0.773. The van der Waals surface area contributed by atoms with Gasteiger partial charge < -0.3 is 10.4 Å². The van der Waals surface area contributed by atoms with Crippen molar-refractivity contribution in [2.75, 3.05) is 0 Å². The second kappa shape index (κ2) is 8.44. The molecule has 0 aromatic carbocycles. The Labute approximate surface area is 155 Å². The van der Waals surface area contributed by atoms with E-state index in [1.54, 1.807) is 11.6 Å². The first kappa shape index (κ1) is 18.6. The number of nitrogens with one attached hydrogen (secondary N) is 1. The maximum atomic E-state index is 12.6. The van der Waals surface area contributed by atoms with E-state index < -0.39 is 17.4 Å². The van der Waals surface area contributed by atoms with Crippen molar-refractivity contribution in [3.8, 4) is 0 Å². The Morgan fingerprint density at radius 1 is 1.35 bits per heavy atom. The monoisotopic (exact) mass is 377 g/mol. The third-order valence-corrected chi connectivity index (χ3v) is 5.74. The van der Waals surface area contributed by atoms with Gasteiger partial charge in [-0.15, -0.1) is 11.3 Å². The third kappa shape index (κ3) is 4.49. The van der Waals surface area contributed by atoms with Crippen molar-refractivity contribution in [2.24, 2.45) is 5.92 Å². The standard InChI is InChI=1S/C18H23N3O4S/c22-15(23)7-6-13(10-12-4-2-1-3-5-12)20-16(24)14-11-19-18-21(17(14)25)8-9-26-18/h8-9,11-13H,1-7,10H2,(H,20,24)(H,22,23). The number of carboxylic acids is 1. The van der Waals surface area contributed by atoms with Gasteiger partial charge in [-0.1, -0.05) is 32.1 Å². The van der Waals surface area contributed by atoms with E-state index in [9.17, 15) is 14.4 Å². The van der Waals surface area contributed by atoms with Crippen LogP contribution in [0.4, 0.5) is 0 Å². The van der Waals surface area contributed by atoms with Crippen molar-refractivity contribution in [1.29, 1.82) is 0 Å². The Balaban J connectivity index is 1.72. The number of carboxylic acid groups (broad SMARTS) is 1. The minimum absolute atomic E-state index is 0.00152. The van der Waals surface area contributed by atoms with Crippen LogP contribution in [-0.2, 0) is 4.79 Å². The zero-order valence-corrected chi connectivity index (χ0v) is 15.3. The number of amides is 1. The summed E-state index contributed by atoms with van der Waals surface area (Å²) in [5.41, 5.74) is -0.409. The summed E-state index contributed by atoms with van der Waals surface area (Å²) in [4.78, 5) is 40.7. The van der Waals surface area contributed by atoms with Crippen LogP contribution in [0.1, 0.15) is 61.7 Å². The van der Waals surface area contributed by atoms with Crippen molar-refractivity contribution < 1.29 is 14.7 Å². The molecule has 2 aromatic rings. The molecule has 1 aliphatic carbocycles. The van der Waals surface area contributed by atoms with E-state index in [1.165, 1.54) is 41.2 Å². The summed E-state index contributed by atoms with van der Waals surface area (Å²) in [6.45, 7) is 0. The Morgan fingerprint density at radius 2 is 2.12 bits per heavy atom. The van der Waals surface area contributed by atoms with Crippen LogP contribution in [-0.4, -0.2) is 32.4 Å². The molecule has 0 bridgehead atoms. The fraction of sp³-hybridized carbons (Fsp3) is 0.556. The zero-order valence-electron chi connectivity index (χ0n) is 14.5. The maximum Gasteiger partial charge on any atom is 0.303 e. The predicted octanol–water partition coefficient (Wildman–Crippen LogP) is 2.69. The molecule has 1 amide bonds. The van der Waals surface area contributed by atoms with E-state index >= 15 is 0 Å². The lowest BCUT2D eigenvalue weighted by atomic mass is 9.84. The van der Waals surface area contributed by atoms with Gasteiger partial charge in [-0.05, 0) is 18.8 Å². The van der Waals surface area contributed by atoms with Gasteiger partial charge in [0.25, 0.3) is 11.5 Å². The number of fused-ring (bicyclic) bond motifs is 1. The van der Waals surface area contributed by atoms with Crippen molar-refractivity contribution >= 4 is 28.2 Å². The van der Waals surface area contributed by atoms with Crippen LogP contribution >= 0.6 is 11.3 Å². The highest BCUT2D eigenvalue weighted by Gasteiger charge is 2.23. The molecule has 8 heteroatoms. The number of thiazole rings is 1. The average molecular weight is 377 g/mol. The molecule has 3 rings (SSSR count). The summed E-state index contributed by atoms with van der Waals surface area (Å²) in [5, 5.41) is 13.6. The summed E-state index contributed by atoms with van der Waals surface area (Å²) >= 11 is 1.33. The highest BCUT2D eigenvalue weighted by molar-refractivity contribution is 7.15. The summed E-state index contributed by atoms with van der Waals surface area (Å²) < 4.78 is 1.35. The van der Waals surface area contributed by atoms with E-state index in [4.69, 9.17) is 5.11 Å². The van der Waals surface area contributed by atoms with Gasteiger partial charge in [0.1, 0.15) is 5.56 Å². The summed E-state index contributed by atoms with van der Waals surface area (Å²) in [7, 11) is 0. The van der Waals surface area contributed by atoms with E-state index in [0.29, 0.717) is 17.3 Å². The number of aliphatic carboxylic acids is 1. The highest BCUT2D eigenvalue weighted by Crippen LogP contribution is 2.28. The molecule has 0 saturated heterocycles. The van der Waals surface area contributed by atoms with Crippen LogP contribution in [0.15, 0.2) is 22.6 Å². The van der Waals surface area contributed by atoms with Crippen molar-refractivity contribution in [2.45, 2.75) is 57.4 Å². The molecule has 140 valence electrons. The third-order valence-electron chi connectivity index (χ3n) is 4.97. The Morgan fingerprint density at radius 3 is 2.85 bits per heavy atom. The first-order chi connectivity index (χ1) is 12.5. The van der Waals surface area contributed by atoms with Gasteiger partial charge >= 0.3 is 5.97 Å². The minimum Gasteiger partial charge on any atom is -0.481 e. The normalized spacial score (nSPS) is 16.5. The number of carbonyl (C=O) groups is 2. The van der Waals surface area contributed by atoms with Gasteiger partial charge in [-0.25, -0.2) is 4.98 Å². The van der Waals surface area contributed by atoms with Crippen LogP contribution < -0.4 is 10.9 Å². The summed E-state index contributed by atoms with van der Waals surface area (Å²) in [5.74, 6) is -0.856. The molecule has 26 heavy (non-hydrogen) atoms. The van der Waals surface area contributed by atoms with Gasteiger partial charge in [0.15, 0.2) is 4.96 Å². The average Bonchev–Trinajstić information content (AvgIpc) is 3.10. The van der Waals surface area contributed by atoms with Gasteiger partial charge in [0.05, 0.1) is 0 Å². The zero-order chi connectivity index (χ0) is 18.5. The molecule has 2 heterocycles. The number of rotatable bonds is 7. The lowest BCUT2D eigenvalue weighted by Crippen LogP contribution is -2.39. The molecule has 2 aromatic heterocycles. The predicted molar refractivity (Wildman–Crippen MR) is 98.7 cm³/mol. The van der Waals surface area contributed by atoms with E-state index in [1.807, 2.05) is 0 Å². The molecule has 1 aliphatic rings. The second-order valence-corrected chi connectivity index (χ2v) is 7.75. The Hall–Kier alpha value is -2.22. The topological polar surface area (TPSA) is 101 Å². The molecule has 1 unspecified atom stereocenters. The van der Waals surface area contributed by atoms with Gasteiger partial charge in [0.2, 0.25) is 0 Å². The van der Waals surface area contributed by atoms with E-state index in [0.717, 1.165) is 19.3 Å². The van der Waals surface area contributed by atoms with Crippen LogP contribution in [0, 0.1) is 5.92 Å². The van der Waals surface area contributed by atoms with Crippen LogP contribution in [0.5, 0.6) is 0 Å². The molecular formula is C18H23N3O4S. The number of nitrogens with zero attached hydrogens (tertiary/aromatic N) is 2. The number of aromatic nitrogens is 2. The second-order valence-electron chi connectivity index (χ2n) is 6.88. The first-order valence-corrected chi connectivity index (χ1v) is 9.90.